The molecule has 0 saturated carbocycles. The summed E-state index contributed by atoms with van der Waals surface area (Å²) in [5, 5.41) is 20.2. The van der Waals surface area contributed by atoms with Crippen molar-refractivity contribution in [3.63, 3.8) is 0 Å². The third-order valence-corrected chi connectivity index (χ3v) is 9.15. The van der Waals surface area contributed by atoms with E-state index < -0.39 is 22.4 Å². The highest BCUT2D eigenvalue weighted by Crippen LogP contribution is 2.53. The van der Waals surface area contributed by atoms with Crippen LogP contribution in [0.15, 0.2) is 70.5 Å². The van der Waals surface area contributed by atoms with Gasteiger partial charge >= 0.3 is 0 Å². The molecule has 0 saturated heterocycles. The number of rotatable bonds is 4. The average Bonchev–Trinajstić information content (AvgIpc) is 3.52. The van der Waals surface area contributed by atoms with Gasteiger partial charge in [-0.1, -0.05) is 17.2 Å². The van der Waals surface area contributed by atoms with E-state index in [9.17, 15) is 22.6 Å². The molecule has 4 aromatic carbocycles. The van der Waals surface area contributed by atoms with Crippen LogP contribution in [0.1, 0.15) is 44.2 Å². The highest BCUT2D eigenvalue weighted by molar-refractivity contribution is 7.94. The zero-order valence-electron chi connectivity index (χ0n) is 20.0. The summed E-state index contributed by atoms with van der Waals surface area (Å²) in [6.07, 6.45) is -1.15. The second kappa shape index (κ2) is 7.94. The SMILES string of the molecule is O=C1c2ccc3c4c(ccc(c24)C2Nc4ccc(SOOO)cc4N12)C(=O)N1c2cc(S(=O)(=O)O)ccc2NC31. The summed E-state index contributed by atoms with van der Waals surface area (Å²) in [5.74, 6) is -0.602. The fraction of sp³-hybridized carbons (Fsp3) is 0.0769. The molecule has 4 aliphatic heterocycles. The fourth-order valence-electron chi connectivity index (χ4n) is 6.14. The van der Waals surface area contributed by atoms with Gasteiger partial charge in [-0.25, -0.2) is 5.26 Å². The summed E-state index contributed by atoms with van der Waals surface area (Å²) < 4.78 is 37.7. The zero-order valence-corrected chi connectivity index (χ0v) is 21.6. The molecule has 200 valence electrons. The van der Waals surface area contributed by atoms with E-state index in [4.69, 9.17) is 5.26 Å². The maximum Gasteiger partial charge on any atom is 0.294 e. The molecule has 40 heavy (non-hydrogen) atoms. The Morgan fingerprint density at radius 1 is 0.775 bits per heavy atom. The van der Waals surface area contributed by atoms with E-state index in [-0.39, 0.29) is 16.7 Å². The third-order valence-electron chi connectivity index (χ3n) is 7.73. The van der Waals surface area contributed by atoms with Gasteiger partial charge < -0.3 is 10.6 Å². The number of anilines is 4. The predicted octanol–water partition coefficient (Wildman–Crippen LogP) is 4.68. The molecule has 12 nitrogen and oxygen atoms in total. The second-order valence-corrected chi connectivity index (χ2v) is 11.9. The molecule has 2 unspecified atom stereocenters. The number of hydrogen-bond donors (Lipinski definition) is 4. The summed E-state index contributed by atoms with van der Waals surface area (Å²) in [6.45, 7) is 0. The van der Waals surface area contributed by atoms with Gasteiger partial charge in [0.1, 0.15) is 12.3 Å². The number of nitrogens with one attached hydrogen (secondary N) is 2. The van der Waals surface area contributed by atoms with Gasteiger partial charge in [0, 0.05) is 37.9 Å². The molecule has 2 atom stereocenters. The van der Waals surface area contributed by atoms with Crippen molar-refractivity contribution in [2.45, 2.75) is 22.1 Å². The van der Waals surface area contributed by atoms with Crippen molar-refractivity contribution < 1.29 is 37.2 Å². The molecule has 4 aliphatic rings. The van der Waals surface area contributed by atoms with Gasteiger partial charge in [0.05, 0.1) is 39.7 Å². The number of benzene rings is 4. The van der Waals surface area contributed by atoms with E-state index >= 15 is 0 Å². The van der Waals surface area contributed by atoms with Crippen molar-refractivity contribution in [1.29, 1.82) is 0 Å². The molecule has 0 spiro atoms. The van der Waals surface area contributed by atoms with Crippen LogP contribution in [-0.4, -0.2) is 30.0 Å². The Morgan fingerprint density at radius 3 is 1.88 bits per heavy atom. The number of nitrogens with zero attached hydrogens (tertiary/aromatic N) is 2. The van der Waals surface area contributed by atoms with Crippen molar-refractivity contribution in [3.05, 3.63) is 82.9 Å². The monoisotopic (exact) mass is 576 g/mol. The number of amides is 2. The lowest BCUT2D eigenvalue weighted by molar-refractivity contribution is -0.432. The first-order valence-electron chi connectivity index (χ1n) is 12.0. The minimum Gasteiger partial charge on any atom is -0.359 e. The Morgan fingerprint density at radius 2 is 1.32 bits per heavy atom. The minimum absolute atomic E-state index is 0.246. The molecular weight excluding hydrogens is 560 g/mol. The molecule has 4 N–H and O–H groups in total. The first kappa shape index (κ1) is 23.7. The van der Waals surface area contributed by atoms with Crippen LogP contribution >= 0.6 is 12.0 Å². The molecule has 0 aromatic heterocycles. The molecular formula is C26H16N4O8S2. The number of hydrogen-bond acceptors (Lipinski definition) is 10. The first-order chi connectivity index (χ1) is 19.3. The smallest absolute Gasteiger partial charge is 0.294 e. The Balaban J connectivity index is 1.27. The summed E-state index contributed by atoms with van der Waals surface area (Å²) in [5.41, 5.74) is 4.65. The fourth-order valence-corrected chi connectivity index (χ4v) is 7.03. The topological polar surface area (TPSA) is 158 Å². The number of fused-ring (bicyclic) bond motifs is 8. The van der Waals surface area contributed by atoms with Gasteiger partial charge in [-0.2, -0.15) is 8.42 Å². The minimum atomic E-state index is -4.47. The normalized spacial score (nSPS) is 19.6. The Hall–Kier alpha value is -4.18. The molecule has 0 radical (unpaired) electrons. The van der Waals surface area contributed by atoms with Crippen LogP contribution in [0, 0.1) is 0 Å². The van der Waals surface area contributed by atoms with Crippen LogP contribution in [0.2, 0.25) is 0 Å². The predicted molar refractivity (Wildman–Crippen MR) is 144 cm³/mol. The highest BCUT2D eigenvalue weighted by Gasteiger charge is 2.46. The molecule has 14 heteroatoms. The zero-order chi connectivity index (χ0) is 27.5. The van der Waals surface area contributed by atoms with E-state index in [1.54, 1.807) is 41.3 Å². The van der Waals surface area contributed by atoms with Crippen molar-refractivity contribution in [2.24, 2.45) is 0 Å². The van der Waals surface area contributed by atoms with Crippen LogP contribution in [0.3, 0.4) is 0 Å². The number of carbonyl (C=O) groups is 2. The molecule has 4 heterocycles. The van der Waals surface area contributed by atoms with Crippen LogP contribution in [0.5, 0.6) is 0 Å². The van der Waals surface area contributed by atoms with Gasteiger partial charge in [-0.3, -0.25) is 23.9 Å². The largest absolute Gasteiger partial charge is 0.359 e. The molecule has 4 aromatic rings. The lowest BCUT2D eigenvalue weighted by Gasteiger charge is -2.36. The molecule has 2 amide bonds. The number of carbonyl (C=O) groups excluding carboxylic acids is 2. The third kappa shape index (κ3) is 3.02. The lowest BCUT2D eigenvalue weighted by atomic mass is 9.84. The molecule has 8 rings (SSSR count). The molecule has 0 bridgehead atoms. The van der Waals surface area contributed by atoms with Crippen LogP contribution in [-0.2, 0) is 19.5 Å². The van der Waals surface area contributed by atoms with E-state index in [0.717, 1.165) is 28.9 Å². The summed E-state index contributed by atoms with van der Waals surface area (Å²) >= 11 is 0.793. The van der Waals surface area contributed by atoms with E-state index in [2.05, 4.69) is 20.0 Å². The Bertz CT molecular complexity index is 1960. The quantitative estimate of drug-likeness (QED) is 0.116. The van der Waals surface area contributed by atoms with E-state index in [0.29, 0.717) is 43.9 Å². The van der Waals surface area contributed by atoms with Crippen LogP contribution in [0.25, 0.3) is 10.8 Å². The van der Waals surface area contributed by atoms with E-state index in [1.807, 2.05) is 6.07 Å². The van der Waals surface area contributed by atoms with Gasteiger partial charge in [0.25, 0.3) is 21.9 Å². The van der Waals surface area contributed by atoms with Gasteiger partial charge in [0.2, 0.25) is 0 Å². The van der Waals surface area contributed by atoms with Crippen molar-refractivity contribution in [1.82, 2.24) is 0 Å². The average molecular weight is 577 g/mol. The second-order valence-electron chi connectivity index (χ2n) is 9.66. The summed E-state index contributed by atoms with van der Waals surface area (Å²) in [6, 6.07) is 16.5. The summed E-state index contributed by atoms with van der Waals surface area (Å²) in [4.78, 5) is 31.2. The first-order valence-corrected chi connectivity index (χ1v) is 14.1. The molecule has 0 fully saturated rings. The maximum absolute atomic E-state index is 13.9. The summed E-state index contributed by atoms with van der Waals surface area (Å²) in [7, 11) is -4.47. The van der Waals surface area contributed by atoms with Crippen molar-refractivity contribution in [3.8, 4) is 0 Å². The lowest BCUT2D eigenvalue weighted by Crippen LogP contribution is -2.41. The Kier molecular flexibility index (Phi) is 4.70. The Labute approximate surface area is 229 Å². The molecule has 0 aliphatic carbocycles. The van der Waals surface area contributed by atoms with Crippen LogP contribution in [0.4, 0.5) is 22.7 Å². The maximum atomic E-state index is 13.9. The van der Waals surface area contributed by atoms with Crippen LogP contribution < -0.4 is 20.4 Å². The van der Waals surface area contributed by atoms with Gasteiger partial charge in [-0.15, -0.1) is 4.33 Å². The van der Waals surface area contributed by atoms with Gasteiger partial charge in [-0.05, 0) is 48.5 Å². The highest BCUT2D eigenvalue weighted by atomic mass is 32.2. The van der Waals surface area contributed by atoms with Gasteiger partial charge in [0.15, 0.2) is 0 Å². The van der Waals surface area contributed by atoms with E-state index in [1.165, 1.54) is 23.1 Å². The standard InChI is InChI=1S/C26H16N4O8S2/c31-25-15-5-4-14-22-16(26(32)30-20-10-12(40(34,35)36)2-8-18(20)28-24(14)30)6-3-13(21(15)22)23-27-17-7-1-11(39-38-37-33)9-19(17)29(23)25/h1-10,23-24,27-28,33H,(H,34,35,36). The van der Waals surface area contributed by atoms with Crippen molar-refractivity contribution >= 4 is 67.5 Å². The van der Waals surface area contributed by atoms with Crippen molar-refractivity contribution in [2.75, 3.05) is 20.4 Å².